The lowest BCUT2D eigenvalue weighted by molar-refractivity contribution is -0.152. The van der Waals surface area contributed by atoms with Crippen molar-refractivity contribution in [3.8, 4) is 0 Å². The number of ether oxygens (including phenoxy) is 1. The standard InChI is InChI=1S/C20H21NO4/c22-18(21-20(19(23)24)7-9-25-10-8-20)17-12-16(17)15-6-5-13-3-1-2-4-14(13)11-15/h1-6,11,16-17H,7-10,12H2,(H,21,22)(H,23,24). The molecular formula is C20H21NO4. The van der Waals surface area contributed by atoms with Crippen LogP contribution in [0.5, 0.6) is 0 Å². The van der Waals surface area contributed by atoms with Crippen LogP contribution >= 0.6 is 0 Å². The Bertz CT molecular complexity index is 825. The molecular weight excluding hydrogens is 318 g/mol. The average molecular weight is 339 g/mol. The zero-order chi connectivity index (χ0) is 17.4. The van der Waals surface area contributed by atoms with Crippen molar-refractivity contribution in [3.05, 3.63) is 48.0 Å². The molecule has 0 bridgehead atoms. The predicted octanol–water partition coefficient (Wildman–Crippen LogP) is 2.69. The van der Waals surface area contributed by atoms with Gasteiger partial charge in [-0.3, -0.25) is 4.79 Å². The lowest BCUT2D eigenvalue weighted by Gasteiger charge is -2.34. The van der Waals surface area contributed by atoms with E-state index in [0.717, 1.165) is 17.4 Å². The van der Waals surface area contributed by atoms with Crippen molar-refractivity contribution in [2.24, 2.45) is 5.92 Å². The zero-order valence-corrected chi connectivity index (χ0v) is 13.9. The minimum absolute atomic E-state index is 0.139. The molecule has 1 aliphatic carbocycles. The van der Waals surface area contributed by atoms with Gasteiger partial charge in [-0.25, -0.2) is 4.79 Å². The first-order valence-corrected chi connectivity index (χ1v) is 8.71. The number of rotatable bonds is 4. The zero-order valence-electron chi connectivity index (χ0n) is 13.9. The van der Waals surface area contributed by atoms with Crippen LogP contribution in [-0.4, -0.2) is 35.7 Å². The number of carboxylic acid groups (broad SMARTS) is 1. The Balaban J connectivity index is 1.48. The van der Waals surface area contributed by atoms with Gasteiger partial charge < -0.3 is 15.2 Å². The van der Waals surface area contributed by atoms with E-state index in [2.05, 4.69) is 35.6 Å². The predicted molar refractivity (Wildman–Crippen MR) is 93.4 cm³/mol. The second-order valence-corrected chi connectivity index (χ2v) is 7.04. The average Bonchev–Trinajstić information content (AvgIpc) is 3.43. The van der Waals surface area contributed by atoms with E-state index in [1.165, 1.54) is 5.39 Å². The monoisotopic (exact) mass is 339 g/mol. The summed E-state index contributed by atoms with van der Waals surface area (Å²) in [5.41, 5.74) is -0.0264. The Kier molecular flexibility index (Phi) is 3.96. The minimum Gasteiger partial charge on any atom is -0.480 e. The number of amides is 1. The van der Waals surface area contributed by atoms with Crippen molar-refractivity contribution in [3.63, 3.8) is 0 Å². The summed E-state index contributed by atoms with van der Waals surface area (Å²) in [6.45, 7) is 0.733. The van der Waals surface area contributed by atoms with Gasteiger partial charge in [-0.15, -0.1) is 0 Å². The molecule has 2 atom stereocenters. The van der Waals surface area contributed by atoms with Crippen LogP contribution in [0, 0.1) is 5.92 Å². The van der Waals surface area contributed by atoms with Crippen molar-refractivity contribution in [1.82, 2.24) is 5.32 Å². The van der Waals surface area contributed by atoms with Gasteiger partial charge in [0, 0.05) is 32.0 Å². The number of carbonyl (C=O) groups is 2. The van der Waals surface area contributed by atoms with Crippen LogP contribution in [0.1, 0.15) is 30.7 Å². The quantitative estimate of drug-likeness (QED) is 0.898. The molecule has 2 aliphatic rings. The molecule has 25 heavy (non-hydrogen) atoms. The van der Waals surface area contributed by atoms with Crippen LogP contribution in [0.4, 0.5) is 0 Å². The van der Waals surface area contributed by atoms with Crippen molar-refractivity contribution >= 4 is 22.6 Å². The van der Waals surface area contributed by atoms with Crippen molar-refractivity contribution < 1.29 is 19.4 Å². The van der Waals surface area contributed by atoms with E-state index < -0.39 is 11.5 Å². The molecule has 0 radical (unpaired) electrons. The van der Waals surface area contributed by atoms with Gasteiger partial charge in [-0.2, -0.15) is 0 Å². The molecule has 0 spiro atoms. The van der Waals surface area contributed by atoms with Gasteiger partial charge in [0.05, 0.1) is 0 Å². The molecule has 1 aliphatic heterocycles. The van der Waals surface area contributed by atoms with Crippen LogP contribution < -0.4 is 5.32 Å². The summed E-state index contributed by atoms with van der Waals surface area (Å²) < 4.78 is 5.25. The van der Waals surface area contributed by atoms with Crippen molar-refractivity contribution in [1.29, 1.82) is 0 Å². The summed E-state index contributed by atoms with van der Waals surface area (Å²) in [6.07, 6.45) is 1.42. The highest BCUT2D eigenvalue weighted by molar-refractivity contribution is 5.90. The number of aliphatic carboxylic acids is 1. The number of carboxylic acids is 1. The largest absolute Gasteiger partial charge is 0.480 e. The van der Waals surface area contributed by atoms with E-state index in [0.29, 0.717) is 26.1 Å². The molecule has 2 unspecified atom stereocenters. The minimum atomic E-state index is -1.17. The van der Waals surface area contributed by atoms with Gasteiger partial charge in [0.2, 0.25) is 5.91 Å². The fraction of sp³-hybridized carbons (Fsp3) is 0.400. The number of carbonyl (C=O) groups excluding carboxylic acids is 1. The Morgan fingerprint density at radius 3 is 2.52 bits per heavy atom. The summed E-state index contributed by atoms with van der Waals surface area (Å²) in [5.74, 6) is -1.08. The van der Waals surface area contributed by atoms with E-state index in [9.17, 15) is 14.7 Å². The maximum atomic E-state index is 12.6. The van der Waals surface area contributed by atoms with Crippen LogP contribution in [0.2, 0.25) is 0 Å². The van der Waals surface area contributed by atoms with Crippen LogP contribution in [0.15, 0.2) is 42.5 Å². The molecule has 2 fully saturated rings. The fourth-order valence-electron chi connectivity index (χ4n) is 3.73. The second-order valence-electron chi connectivity index (χ2n) is 7.04. The van der Waals surface area contributed by atoms with Gasteiger partial charge in [-0.05, 0) is 28.7 Å². The normalized spacial score (nSPS) is 24.6. The van der Waals surface area contributed by atoms with E-state index in [4.69, 9.17) is 4.74 Å². The molecule has 1 heterocycles. The van der Waals surface area contributed by atoms with Gasteiger partial charge in [0.25, 0.3) is 0 Å². The molecule has 2 N–H and O–H groups in total. The van der Waals surface area contributed by atoms with Crippen LogP contribution in [0.25, 0.3) is 10.8 Å². The van der Waals surface area contributed by atoms with Gasteiger partial charge >= 0.3 is 5.97 Å². The summed E-state index contributed by atoms with van der Waals surface area (Å²) >= 11 is 0. The molecule has 4 rings (SSSR count). The number of hydrogen-bond donors (Lipinski definition) is 2. The maximum absolute atomic E-state index is 12.6. The third-order valence-electron chi connectivity index (χ3n) is 5.45. The van der Waals surface area contributed by atoms with Crippen LogP contribution in [-0.2, 0) is 14.3 Å². The molecule has 130 valence electrons. The highest BCUT2D eigenvalue weighted by atomic mass is 16.5. The first-order valence-electron chi connectivity index (χ1n) is 8.71. The number of nitrogens with one attached hydrogen (secondary N) is 1. The second kappa shape index (κ2) is 6.15. The molecule has 1 amide bonds. The summed E-state index contributed by atoms with van der Waals surface area (Å²) in [7, 11) is 0. The van der Waals surface area contributed by atoms with E-state index in [1.807, 2.05) is 12.1 Å². The lowest BCUT2D eigenvalue weighted by atomic mass is 9.89. The lowest BCUT2D eigenvalue weighted by Crippen LogP contribution is -2.57. The number of benzene rings is 2. The number of hydrogen-bond acceptors (Lipinski definition) is 3. The first kappa shape index (κ1) is 16.1. The van der Waals surface area contributed by atoms with Gasteiger partial charge in [-0.1, -0.05) is 42.5 Å². The Labute approximate surface area is 146 Å². The Morgan fingerprint density at radius 1 is 1.08 bits per heavy atom. The van der Waals surface area contributed by atoms with Gasteiger partial charge in [0.1, 0.15) is 5.54 Å². The van der Waals surface area contributed by atoms with E-state index in [-0.39, 0.29) is 17.7 Å². The number of fused-ring (bicyclic) bond motifs is 1. The van der Waals surface area contributed by atoms with Crippen molar-refractivity contribution in [2.45, 2.75) is 30.7 Å². The molecule has 5 heteroatoms. The molecule has 1 saturated heterocycles. The summed E-state index contributed by atoms with van der Waals surface area (Å²) in [4.78, 5) is 24.3. The fourth-order valence-corrected chi connectivity index (χ4v) is 3.73. The first-order chi connectivity index (χ1) is 12.1. The third-order valence-corrected chi connectivity index (χ3v) is 5.45. The third kappa shape index (κ3) is 3.00. The molecule has 2 aromatic carbocycles. The smallest absolute Gasteiger partial charge is 0.329 e. The highest BCUT2D eigenvalue weighted by Crippen LogP contribution is 2.48. The molecule has 0 aromatic heterocycles. The topological polar surface area (TPSA) is 75.6 Å². The summed E-state index contributed by atoms with van der Waals surface area (Å²) in [6, 6.07) is 14.4. The highest BCUT2D eigenvalue weighted by Gasteiger charge is 2.49. The Morgan fingerprint density at radius 2 is 1.80 bits per heavy atom. The van der Waals surface area contributed by atoms with Crippen molar-refractivity contribution in [2.75, 3.05) is 13.2 Å². The SMILES string of the molecule is O=C(NC1(C(=O)O)CCOCC1)C1CC1c1ccc2ccccc2c1. The maximum Gasteiger partial charge on any atom is 0.329 e. The molecule has 1 saturated carbocycles. The molecule has 5 nitrogen and oxygen atoms in total. The molecule has 2 aromatic rings. The van der Waals surface area contributed by atoms with E-state index in [1.54, 1.807) is 0 Å². The summed E-state index contributed by atoms with van der Waals surface area (Å²) in [5, 5.41) is 14.7. The van der Waals surface area contributed by atoms with Crippen LogP contribution in [0.3, 0.4) is 0 Å². The Hall–Kier alpha value is -2.40. The van der Waals surface area contributed by atoms with E-state index >= 15 is 0 Å². The van der Waals surface area contributed by atoms with Gasteiger partial charge in [0.15, 0.2) is 0 Å².